The first-order valence-corrected chi connectivity index (χ1v) is 10.6. The molecule has 3 aromatic heterocycles. The van der Waals surface area contributed by atoms with Crippen LogP contribution in [0, 0.1) is 0 Å². The highest BCUT2D eigenvalue weighted by molar-refractivity contribution is 6.00. The van der Waals surface area contributed by atoms with Gasteiger partial charge in [0.1, 0.15) is 0 Å². The van der Waals surface area contributed by atoms with E-state index in [9.17, 15) is 9.90 Å². The summed E-state index contributed by atoms with van der Waals surface area (Å²) >= 11 is 0. The van der Waals surface area contributed by atoms with Crippen LogP contribution < -0.4 is 9.80 Å². The van der Waals surface area contributed by atoms with Crippen LogP contribution in [0.2, 0.25) is 0 Å². The van der Waals surface area contributed by atoms with E-state index in [1.165, 1.54) is 0 Å². The monoisotopic (exact) mass is 445 g/mol. The van der Waals surface area contributed by atoms with E-state index in [1.807, 2.05) is 62.3 Å². The van der Waals surface area contributed by atoms with Crippen molar-refractivity contribution in [1.29, 1.82) is 0 Å². The van der Waals surface area contributed by atoms with Crippen molar-refractivity contribution >= 4 is 28.6 Å². The van der Waals surface area contributed by atoms with Gasteiger partial charge in [0.15, 0.2) is 11.3 Å². The molecular weight excluding hydrogens is 418 g/mol. The number of rotatable bonds is 6. The summed E-state index contributed by atoms with van der Waals surface area (Å²) in [6.07, 6.45) is 3.41. The van der Waals surface area contributed by atoms with Crippen LogP contribution in [0.4, 0.5) is 11.6 Å². The minimum Gasteiger partial charge on any atom is -0.477 e. The molecule has 0 atom stereocenters. The number of carbonyl (C=O) groups is 1. The molecule has 1 aromatic carbocycles. The van der Waals surface area contributed by atoms with Gasteiger partial charge in [-0.1, -0.05) is 19.9 Å². The molecule has 0 unspecified atom stereocenters. The van der Waals surface area contributed by atoms with Crippen molar-refractivity contribution in [2.75, 3.05) is 38.0 Å². The van der Waals surface area contributed by atoms with E-state index in [0.29, 0.717) is 22.7 Å². The first kappa shape index (κ1) is 22.2. The third-order valence-corrected chi connectivity index (χ3v) is 5.37. The van der Waals surface area contributed by atoms with Gasteiger partial charge in [-0.2, -0.15) is 5.10 Å². The standard InChI is InChI=1S/C24H27N7O2/c1-14(2)21-20-18(15-12-25-24(26-13-15)30(5)6)11-19(23(32)33)27-22(20)31(28-21)17-9-7-8-16(10-17)29(3)4/h7-14H,1-6H3,(H,32,33). The first-order chi connectivity index (χ1) is 15.7. The molecule has 0 radical (unpaired) electrons. The van der Waals surface area contributed by atoms with E-state index in [2.05, 4.69) is 28.8 Å². The summed E-state index contributed by atoms with van der Waals surface area (Å²) < 4.78 is 1.72. The van der Waals surface area contributed by atoms with Gasteiger partial charge >= 0.3 is 5.97 Å². The molecule has 170 valence electrons. The van der Waals surface area contributed by atoms with Crippen molar-refractivity contribution in [3.8, 4) is 16.8 Å². The zero-order valence-electron chi connectivity index (χ0n) is 19.6. The SMILES string of the molecule is CC(C)c1nn(-c2cccc(N(C)C)c2)c2nc(C(=O)O)cc(-c3cnc(N(C)C)nc3)c12. The summed E-state index contributed by atoms with van der Waals surface area (Å²) in [5.41, 5.74) is 4.47. The lowest BCUT2D eigenvalue weighted by Crippen LogP contribution is -2.12. The molecule has 9 nitrogen and oxygen atoms in total. The van der Waals surface area contributed by atoms with Crippen molar-refractivity contribution in [2.24, 2.45) is 0 Å². The van der Waals surface area contributed by atoms with Gasteiger partial charge in [-0.15, -0.1) is 0 Å². The highest BCUT2D eigenvalue weighted by Gasteiger charge is 2.23. The highest BCUT2D eigenvalue weighted by Crippen LogP contribution is 2.35. The van der Waals surface area contributed by atoms with Crippen molar-refractivity contribution in [2.45, 2.75) is 19.8 Å². The van der Waals surface area contributed by atoms with Crippen LogP contribution in [0.1, 0.15) is 35.9 Å². The predicted molar refractivity (Wildman–Crippen MR) is 130 cm³/mol. The Balaban J connectivity index is 2.05. The molecule has 33 heavy (non-hydrogen) atoms. The Hall–Kier alpha value is -4.01. The number of anilines is 2. The fraction of sp³-hybridized carbons (Fsp3) is 0.292. The normalized spacial score (nSPS) is 11.2. The number of aromatic nitrogens is 5. The number of aromatic carboxylic acids is 1. The molecule has 0 aliphatic rings. The second kappa shape index (κ2) is 8.50. The Kier molecular flexibility index (Phi) is 5.71. The van der Waals surface area contributed by atoms with Gasteiger partial charge in [0.05, 0.1) is 16.8 Å². The van der Waals surface area contributed by atoms with E-state index in [-0.39, 0.29) is 11.6 Å². The smallest absolute Gasteiger partial charge is 0.354 e. The Morgan fingerprint density at radius 2 is 1.73 bits per heavy atom. The molecule has 0 spiro atoms. The lowest BCUT2D eigenvalue weighted by molar-refractivity contribution is 0.0691. The molecular formula is C24H27N7O2. The topological polar surface area (TPSA) is 100 Å². The lowest BCUT2D eigenvalue weighted by Gasteiger charge is -2.14. The number of nitrogens with zero attached hydrogens (tertiary/aromatic N) is 7. The predicted octanol–water partition coefficient (Wildman–Crippen LogP) is 3.83. The van der Waals surface area contributed by atoms with Gasteiger partial charge in [0, 0.05) is 57.4 Å². The van der Waals surface area contributed by atoms with Gasteiger partial charge < -0.3 is 14.9 Å². The minimum atomic E-state index is -1.11. The number of benzene rings is 1. The number of carboxylic acids is 1. The van der Waals surface area contributed by atoms with Crippen LogP contribution in [-0.4, -0.2) is 64.0 Å². The van der Waals surface area contributed by atoms with Gasteiger partial charge in [-0.3, -0.25) is 0 Å². The lowest BCUT2D eigenvalue weighted by atomic mass is 9.99. The summed E-state index contributed by atoms with van der Waals surface area (Å²) in [6, 6.07) is 9.47. The van der Waals surface area contributed by atoms with Crippen LogP contribution in [0.25, 0.3) is 27.8 Å². The molecule has 0 aliphatic heterocycles. The van der Waals surface area contributed by atoms with Crippen LogP contribution in [-0.2, 0) is 0 Å². The summed E-state index contributed by atoms with van der Waals surface area (Å²) in [5.74, 6) is -0.448. The fourth-order valence-electron chi connectivity index (χ4n) is 3.66. The van der Waals surface area contributed by atoms with Gasteiger partial charge in [0.2, 0.25) is 5.95 Å². The molecule has 9 heteroatoms. The number of carboxylic acid groups (broad SMARTS) is 1. The van der Waals surface area contributed by atoms with Crippen molar-refractivity contribution < 1.29 is 9.90 Å². The average molecular weight is 446 g/mol. The summed E-state index contributed by atoms with van der Waals surface area (Å²) in [6.45, 7) is 4.12. The Bertz CT molecular complexity index is 1320. The third kappa shape index (κ3) is 4.09. The largest absolute Gasteiger partial charge is 0.477 e. The van der Waals surface area contributed by atoms with Crippen molar-refractivity contribution in [3.05, 3.63) is 54.1 Å². The second-order valence-electron chi connectivity index (χ2n) is 8.59. The van der Waals surface area contributed by atoms with Crippen molar-refractivity contribution in [3.63, 3.8) is 0 Å². The summed E-state index contributed by atoms with van der Waals surface area (Å²) in [4.78, 5) is 29.1. The van der Waals surface area contributed by atoms with Crippen LogP contribution in [0.3, 0.4) is 0 Å². The summed E-state index contributed by atoms with van der Waals surface area (Å²) in [7, 11) is 7.67. The quantitative estimate of drug-likeness (QED) is 0.478. The van der Waals surface area contributed by atoms with Crippen molar-refractivity contribution in [1.82, 2.24) is 24.7 Å². The molecule has 4 aromatic rings. The maximum Gasteiger partial charge on any atom is 0.354 e. The number of hydrogen-bond donors (Lipinski definition) is 1. The molecule has 0 saturated heterocycles. The van der Waals surface area contributed by atoms with E-state index in [1.54, 1.807) is 23.1 Å². The molecule has 0 bridgehead atoms. The molecule has 0 amide bonds. The van der Waals surface area contributed by atoms with Crippen LogP contribution in [0.15, 0.2) is 42.7 Å². The third-order valence-electron chi connectivity index (χ3n) is 5.37. The Morgan fingerprint density at radius 3 is 2.30 bits per heavy atom. The summed E-state index contributed by atoms with van der Waals surface area (Å²) in [5, 5.41) is 15.5. The minimum absolute atomic E-state index is 0.0607. The average Bonchev–Trinajstić information content (AvgIpc) is 3.18. The Labute approximate surface area is 192 Å². The van der Waals surface area contributed by atoms with Crippen LogP contribution >= 0.6 is 0 Å². The molecule has 0 aliphatic carbocycles. The zero-order valence-corrected chi connectivity index (χ0v) is 19.6. The van der Waals surface area contributed by atoms with Gasteiger partial charge in [-0.05, 0) is 30.2 Å². The maximum atomic E-state index is 12.0. The van der Waals surface area contributed by atoms with Gasteiger partial charge in [0.25, 0.3) is 0 Å². The fourth-order valence-corrected chi connectivity index (χ4v) is 3.66. The molecule has 3 heterocycles. The number of hydrogen-bond acceptors (Lipinski definition) is 7. The first-order valence-electron chi connectivity index (χ1n) is 10.6. The molecule has 4 rings (SSSR count). The second-order valence-corrected chi connectivity index (χ2v) is 8.59. The number of fused-ring (bicyclic) bond motifs is 1. The molecule has 1 N–H and O–H groups in total. The van der Waals surface area contributed by atoms with Gasteiger partial charge in [-0.25, -0.2) is 24.4 Å². The zero-order chi connectivity index (χ0) is 23.9. The van der Waals surface area contributed by atoms with Crippen LogP contribution in [0.5, 0.6) is 0 Å². The number of pyridine rings is 1. The van der Waals surface area contributed by atoms with E-state index in [0.717, 1.165) is 22.5 Å². The van der Waals surface area contributed by atoms with E-state index in [4.69, 9.17) is 5.10 Å². The Morgan fingerprint density at radius 1 is 1.03 bits per heavy atom. The van der Waals surface area contributed by atoms with E-state index >= 15 is 0 Å². The van der Waals surface area contributed by atoms with E-state index < -0.39 is 5.97 Å². The molecule has 0 saturated carbocycles. The molecule has 0 fully saturated rings. The maximum absolute atomic E-state index is 12.0. The highest BCUT2D eigenvalue weighted by atomic mass is 16.4.